The molecule has 2 amide bonds. The van der Waals surface area contributed by atoms with Crippen LogP contribution in [-0.4, -0.2) is 78.4 Å². The Balaban J connectivity index is 1.22. The molecule has 1 N–H and O–H groups in total. The van der Waals surface area contributed by atoms with Crippen LogP contribution in [0.5, 0.6) is 0 Å². The zero-order chi connectivity index (χ0) is 32.0. The number of alkyl halides is 5. The molecule has 0 spiro atoms. The van der Waals surface area contributed by atoms with Crippen LogP contribution in [0.1, 0.15) is 40.9 Å². The van der Waals surface area contributed by atoms with Crippen LogP contribution in [0.25, 0.3) is 16.9 Å². The molecule has 2 aliphatic rings. The Morgan fingerprint density at radius 2 is 1.78 bits per heavy atom. The second-order valence-corrected chi connectivity index (χ2v) is 11.1. The van der Waals surface area contributed by atoms with E-state index in [9.17, 15) is 31.5 Å². The molecule has 238 valence electrons. The minimum Gasteiger partial charge on any atom is -0.339 e. The number of halogens is 6. The molecule has 4 aromatic rings. The molecular formula is C29H28F6N8O2. The molecule has 10 nitrogen and oxygen atoms in total. The highest BCUT2D eigenvalue weighted by molar-refractivity contribution is 5.97. The summed E-state index contributed by atoms with van der Waals surface area (Å²) >= 11 is 0. The fraction of sp³-hybridized carbons (Fsp3) is 0.414. The first-order valence-electron chi connectivity index (χ1n) is 14.3. The molecule has 4 heterocycles. The van der Waals surface area contributed by atoms with Crippen LogP contribution in [-0.2, 0) is 17.5 Å². The van der Waals surface area contributed by atoms with E-state index >= 15 is 4.39 Å². The van der Waals surface area contributed by atoms with E-state index in [1.54, 1.807) is 11.8 Å². The molecule has 6 rings (SSSR count). The lowest BCUT2D eigenvalue weighted by molar-refractivity contribution is -0.141. The lowest BCUT2D eigenvalue weighted by Gasteiger charge is -2.38. The van der Waals surface area contributed by atoms with E-state index in [2.05, 4.69) is 20.4 Å². The Morgan fingerprint density at radius 1 is 1.07 bits per heavy atom. The number of amides is 2. The number of nitrogens with one attached hydrogen (secondary N) is 1. The van der Waals surface area contributed by atoms with Gasteiger partial charge in [-0.3, -0.25) is 18.7 Å². The number of benzene rings is 1. The second kappa shape index (κ2) is 11.7. The van der Waals surface area contributed by atoms with E-state index in [0.29, 0.717) is 36.4 Å². The maximum Gasteiger partial charge on any atom is 0.435 e. The van der Waals surface area contributed by atoms with Gasteiger partial charge in [-0.1, -0.05) is 6.42 Å². The quantitative estimate of drug-likeness (QED) is 0.282. The van der Waals surface area contributed by atoms with Gasteiger partial charge in [0.2, 0.25) is 5.91 Å². The third kappa shape index (κ3) is 5.92. The van der Waals surface area contributed by atoms with Gasteiger partial charge in [0.25, 0.3) is 12.3 Å². The van der Waals surface area contributed by atoms with Crippen molar-refractivity contribution >= 4 is 29.0 Å². The number of anilines is 2. The molecule has 1 saturated carbocycles. The van der Waals surface area contributed by atoms with Gasteiger partial charge in [0.1, 0.15) is 12.4 Å². The van der Waals surface area contributed by atoms with E-state index < -0.39 is 42.1 Å². The van der Waals surface area contributed by atoms with Crippen molar-refractivity contribution in [1.29, 1.82) is 0 Å². The number of carbonyl (C=O) groups is 2. The van der Waals surface area contributed by atoms with Gasteiger partial charge in [0.15, 0.2) is 17.2 Å². The summed E-state index contributed by atoms with van der Waals surface area (Å²) in [6, 6.07) is 2.65. The van der Waals surface area contributed by atoms with E-state index in [1.165, 1.54) is 27.8 Å². The Morgan fingerprint density at radius 3 is 2.40 bits per heavy atom. The standard InChI is InChI=1S/C29H28F6N8O2/c1-16-11-18(12-20(30)23(16)28(45)41-9-7-40(8-10-41)27(44)17-3-2-4-17)38-25-26-37-13-21(43(26)6-5-36-25)19-14-42(15-22(31)32)39-24(19)29(33,34)35/h5-6,11-14,17,22H,2-4,7-10,15H2,1H3,(H,36,38). The van der Waals surface area contributed by atoms with Gasteiger partial charge in [-0.05, 0) is 37.5 Å². The maximum absolute atomic E-state index is 15.4. The number of hydrogen-bond acceptors (Lipinski definition) is 6. The number of rotatable bonds is 7. The molecule has 2 fully saturated rings. The van der Waals surface area contributed by atoms with Crippen molar-refractivity contribution in [2.45, 2.75) is 45.3 Å². The van der Waals surface area contributed by atoms with Crippen molar-refractivity contribution in [1.82, 2.24) is 33.9 Å². The van der Waals surface area contributed by atoms with Gasteiger partial charge in [0, 0.05) is 56.4 Å². The van der Waals surface area contributed by atoms with Gasteiger partial charge in [-0.25, -0.2) is 23.1 Å². The van der Waals surface area contributed by atoms with E-state index in [1.807, 2.05) is 0 Å². The molecule has 1 saturated heterocycles. The summed E-state index contributed by atoms with van der Waals surface area (Å²) in [5.74, 6) is -1.02. The summed E-state index contributed by atoms with van der Waals surface area (Å²) in [4.78, 5) is 37.5. The highest BCUT2D eigenvalue weighted by Gasteiger charge is 2.39. The number of piperazine rings is 1. The fourth-order valence-corrected chi connectivity index (χ4v) is 5.69. The smallest absolute Gasteiger partial charge is 0.339 e. The van der Waals surface area contributed by atoms with Gasteiger partial charge in [-0.15, -0.1) is 0 Å². The van der Waals surface area contributed by atoms with E-state index in [0.717, 1.165) is 37.7 Å². The molecule has 1 aliphatic heterocycles. The van der Waals surface area contributed by atoms with Crippen LogP contribution < -0.4 is 5.32 Å². The first kappa shape index (κ1) is 30.4. The zero-order valence-corrected chi connectivity index (χ0v) is 24.0. The summed E-state index contributed by atoms with van der Waals surface area (Å²) in [7, 11) is 0. The van der Waals surface area contributed by atoms with Crippen LogP contribution in [0.4, 0.5) is 37.8 Å². The minimum absolute atomic E-state index is 0.0650. The average molecular weight is 635 g/mol. The van der Waals surface area contributed by atoms with Gasteiger partial charge in [0.05, 0.1) is 23.0 Å². The number of nitrogens with zero attached hydrogens (tertiary/aromatic N) is 7. The molecule has 0 radical (unpaired) electrons. The predicted octanol–water partition coefficient (Wildman–Crippen LogP) is 5.15. The Bertz CT molecular complexity index is 1730. The molecule has 3 aromatic heterocycles. The van der Waals surface area contributed by atoms with Gasteiger partial charge in [-0.2, -0.15) is 18.3 Å². The van der Waals surface area contributed by atoms with Crippen LogP contribution in [0, 0.1) is 18.7 Å². The number of carbonyl (C=O) groups excluding carboxylic acids is 2. The van der Waals surface area contributed by atoms with Crippen molar-refractivity contribution in [3.63, 3.8) is 0 Å². The van der Waals surface area contributed by atoms with Crippen LogP contribution >= 0.6 is 0 Å². The molecule has 1 aromatic carbocycles. The second-order valence-electron chi connectivity index (χ2n) is 11.1. The number of aromatic nitrogens is 5. The number of hydrogen-bond donors (Lipinski definition) is 1. The van der Waals surface area contributed by atoms with E-state index in [4.69, 9.17) is 0 Å². The summed E-state index contributed by atoms with van der Waals surface area (Å²) in [6.45, 7) is 1.92. The monoisotopic (exact) mass is 634 g/mol. The fourth-order valence-electron chi connectivity index (χ4n) is 5.69. The normalized spacial score (nSPS) is 16.0. The Kier molecular flexibility index (Phi) is 7.91. The van der Waals surface area contributed by atoms with Crippen LogP contribution in [0.15, 0.2) is 36.9 Å². The highest BCUT2D eigenvalue weighted by Crippen LogP contribution is 2.37. The first-order chi connectivity index (χ1) is 21.4. The average Bonchev–Trinajstić information content (AvgIpc) is 3.56. The minimum atomic E-state index is -4.92. The van der Waals surface area contributed by atoms with Gasteiger partial charge >= 0.3 is 6.18 Å². The Labute approximate surface area is 252 Å². The third-order valence-electron chi connectivity index (χ3n) is 8.16. The van der Waals surface area contributed by atoms with Crippen molar-refractivity contribution in [2.75, 3.05) is 31.5 Å². The van der Waals surface area contributed by atoms with Crippen molar-refractivity contribution in [3.05, 3.63) is 59.6 Å². The Hall–Kier alpha value is -4.63. The third-order valence-corrected chi connectivity index (χ3v) is 8.16. The summed E-state index contributed by atoms with van der Waals surface area (Å²) in [6.07, 6.45) is -0.353. The topological polar surface area (TPSA) is 101 Å². The zero-order valence-electron chi connectivity index (χ0n) is 24.0. The van der Waals surface area contributed by atoms with Crippen LogP contribution in [0.2, 0.25) is 0 Å². The molecule has 45 heavy (non-hydrogen) atoms. The number of imidazole rings is 1. The molecule has 0 unspecified atom stereocenters. The predicted molar refractivity (Wildman–Crippen MR) is 149 cm³/mol. The van der Waals surface area contributed by atoms with Crippen molar-refractivity contribution in [3.8, 4) is 11.3 Å². The molecular weight excluding hydrogens is 606 g/mol. The van der Waals surface area contributed by atoms with Gasteiger partial charge < -0.3 is 15.1 Å². The summed E-state index contributed by atoms with van der Waals surface area (Å²) in [5.41, 5.74) is -1.34. The van der Waals surface area contributed by atoms with Crippen molar-refractivity contribution in [2.24, 2.45) is 5.92 Å². The highest BCUT2D eigenvalue weighted by atomic mass is 19.4. The van der Waals surface area contributed by atoms with E-state index in [-0.39, 0.29) is 40.2 Å². The largest absolute Gasteiger partial charge is 0.435 e. The SMILES string of the molecule is Cc1cc(Nc2nccn3c(-c4cn(CC(F)F)nc4C(F)(F)F)cnc23)cc(F)c1C(=O)N1CCN(C(=O)C2CCC2)CC1. The number of aryl methyl sites for hydroxylation is 1. The molecule has 0 atom stereocenters. The van der Waals surface area contributed by atoms with Crippen LogP contribution in [0.3, 0.4) is 0 Å². The van der Waals surface area contributed by atoms with Crippen molar-refractivity contribution < 1.29 is 35.9 Å². The first-order valence-corrected chi connectivity index (χ1v) is 14.3. The lowest BCUT2D eigenvalue weighted by atomic mass is 9.84. The number of fused-ring (bicyclic) bond motifs is 1. The molecule has 0 bridgehead atoms. The maximum atomic E-state index is 15.4. The lowest BCUT2D eigenvalue weighted by Crippen LogP contribution is -2.52. The summed E-state index contributed by atoms with van der Waals surface area (Å²) in [5, 5.41) is 6.23. The summed E-state index contributed by atoms with van der Waals surface area (Å²) < 4.78 is 84.2. The molecule has 16 heteroatoms. The molecule has 1 aliphatic carbocycles.